The summed E-state index contributed by atoms with van der Waals surface area (Å²) >= 11 is 0. The van der Waals surface area contributed by atoms with Gasteiger partial charge in [-0.25, -0.2) is 0 Å². The van der Waals surface area contributed by atoms with Gasteiger partial charge in [-0.1, -0.05) is 0 Å². The normalized spacial score (nSPS) is 0.857. The van der Waals surface area contributed by atoms with Gasteiger partial charge in [-0.15, -0.1) is 0 Å². The van der Waals surface area contributed by atoms with Gasteiger partial charge in [-0.05, 0) is 0 Å². The van der Waals surface area contributed by atoms with Crippen molar-refractivity contribution in [3.63, 3.8) is 0 Å². The van der Waals surface area contributed by atoms with Gasteiger partial charge in [0.25, 0.3) is 0 Å². The van der Waals surface area contributed by atoms with Crippen LogP contribution in [-0.2, 0) is 21.7 Å². The van der Waals surface area contributed by atoms with Crippen LogP contribution in [0, 0.1) is 0 Å². The second-order valence-corrected chi connectivity index (χ2v) is 0. The first kappa shape index (κ1) is 144. The molecule has 0 saturated heterocycles. The summed E-state index contributed by atoms with van der Waals surface area (Å²) in [6, 6.07) is 0. The summed E-state index contributed by atoms with van der Waals surface area (Å²) in [7, 11) is 0. The third kappa shape index (κ3) is 576. The third-order valence-corrected chi connectivity index (χ3v) is 0. The molecule has 7 heavy (non-hydrogen) atoms. The predicted molar refractivity (Wildman–Crippen MR) is 13.0 cm³/mol. The van der Waals surface area contributed by atoms with Gasteiger partial charge >= 0.3 is 21.7 Å². The molecule has 6 N–H and O–H groups in total. The maximum Gasteiger partial charge on any atom is 4.00 e. The average molecular weight is 150 g/mol. The molecule has 0 fully saturated rings. The summed E-state index contributed by atoms with van der Waals surface area (Å²) in [5.74, 6) is 0. The Balaban J connectivity index is -0.000000000500. The van der Waals surface area contributed by atoms with Crippen LogP contribution in [0.15, 0.2) is 0 Å². The maximum absolute atomic E-state index is 6.00. The molecule has 0 rings (SSSR count). The maximum atomic E-state index is 6.00. The molecule has 0 aromatic carbocycles. The van der Waals surface area contributed by atoms with Crippen LogP contribution in [-0.4, -0.2) is 32.4 Å². The van der Waals surface area contributed by atoms with Gasteiger partial charge in [-0.2, -0.15) is 0 Å². The molecule has 7 heteroatoms. The van der Waals surface area contributed by atoms with E-state index in [0.717, 1.165) is 0 Å². The number of rotatable bonds is 0. The number of hydrogen-bond donors (Lipinski definition) is 2. The molecule has 0 atom stereocenters. The molecule has 0 aliphatic rings. The van der Waals surface area contributed by atoms with E-state index in [-0.39, 0.29) is 43.6 Å². The van der Waals surface area contributed by atoms with Crippen molar-refractivity contribution in [2.75, 3.05) is 0 Å². The van der Waals surface area contributed by atoms with Crippen molar-refractivity contribution in [1.82, 2.24) is 0 Å². The van der Waals surface area contributed by atoms with E-state index in [1.807, 2.05) is 0 Å². The van der Waals surface area contributed by atoms with E-state index >= 15 is 0 Å². The second kappa shape index (κ2) is 863. The van der Waals surface area contributed by atoms with Crippen LogP contribution in [0.25, 0.3) is 0 Å². The SMILES string of the molecule is OO.[OH-].[OH-].[OH-].[OH-].[Ti+4]. The van der Waals surface area contributed by atoms with Gasteiger partial charge in [0.1, 0.15) is 0 Å². The minimum Gasteiger partial charge on any atom is -0.870 e. The van der Waals surface area contributed by atoms with Gasteiger partial charge < -0.3 is 21.9 Å². The van der Waals surface area contributed by atoms with Crippen molar-refractivity contribution in [3.05, 3.63) is 0 Å². The molecule has 0 bridgehead atoms. The Hall–Kier alpha value is 0.474. The molecule has 0 saturated carbocycles. The summed E-state index contributed by atoms with van der Waals surface area (Å²) in [6.07, 6.45) is 0. The molecule has 0 aliphatic heterocycles. The Labute approximate surface area is 54.8 Å². The van der Waals surface area contributed by atoms with Crippen molar-refractivity contribution >= 4 is 0 Å². The van der Waals surface area contributed by atoms with Crippen LogP contribution in [0.4, 0.5) is 0 Å². The molecule has 0 aliphatic carbocycles. The minimum atomic E-state index is 0. The predicted octanol–water partition coefficient (Wildman–Crippen LogP) is -0.692. The van der Waals surface area contributed by atoms with Gasteiger partial charge in [0.2, 0.25) is 0 Å². The summed E-state index contributed by atoms with van der Waals surface area (Å²) < 4.78 is 0. The van der Waals surface area contributed by atoms with E-state index in [0.29, 0.717) is 0 Å². The zero-order valence-corrected chi connectivity index (χ0v) is 4.74. The van der Waals surface area contributed by atoms with Crippen molar-refractivity contribution in [1.29, 1.82) is 0 Å². The molecule has 0 spiro atoms. The van der Waals surface area contributed by atoms with E-state index < -0.39 is 0 Å². The van der Waals surface area contributed by atoms with Crippen molar-refractivity contribution in [2.45, 2.75) is 0 Å². The Morgan fingerprint density at radius 1 is 0.571 bits per heavy atom. The first-order valence-electron chi connectivity index (χ1n) is 0.200. The smallest absolute Gasteiger partial charge is 0.870 e. The van der Waals surface area contributed by atoms with Crippen LogP contribution < -0.4 is 0 Å². The summed E-state index contributed by atoms with van der Waals surface area (Å²) in [4.78, 5) is 0. The molecule has 46 valence electrons. The van der Waals surface area contributed by atoms with Gasteiger partial charge in [0.15, 0.2) is 0 Å². The Morgan fingerprint density at radius 2 is 0.571 bits per heavy atom. The van der Waals surface area contributed by atoms with Crippen LogP contribution >= 0.6 is 0 Å². The van der Waals surface area contributed by atoms with Crippen molar-refractivity contribution in [2.24, 2.45) is 0 Å². The Morgan fingerprint density at radius 3 is 0.571 bits per heavy atom. The van der Waals surface area contributed by atoms with E-state index in [1.165, 1.54) is 0 Å². The fourth-order valence-corrected chi connectivity index (χ4v) is 0. The van der Waals surface area contributed by atoms with Crippen LogP contribution in [0.3, 0.4) is 0 Å². The molecule has 0 aromatic heterocycles. The fourth-order valence-electron chi connectivity index (χ4n) is 0. The van der Waals surface area contributed by atoms with E-state index in [2.05, 4.69) is 0 Å². The molecule has 0 radical (unpaired) electrons. The molecule has 0 aromatic rings. The zero-order chi connectivity index (χ0) is 2.00. The largest absolute Gasteiger partial charge is 4.00 e. The van der Waals surface area contributed by atoms with E-state index in [4.69, 9.17) is 10.5 Å². The van der Waals surface area contributed by atoms with Crippen LogP contribution in [0.2, 0.25) is 0 Å². The van der Waals surface area contributed by atoms with Crippen molar-refractivity contribution < 1.29 is 54.1 Å². The van der Waals surface area contributed by atoms with Gasteiger partial charge in [-0.3, -0.25) is 10.5 Å². The van der Waals surface area contributed by atoms with Crippen molar-refractivity contribution in [3.8, 4) is 0 Å². The molecule has 0 heterocycles. The summed E-state index contributed by atoms with van der Waals surface area (Å²) in [5, 5.41) is 12.0. The molecule has 0 amide bonds. The molecular formula is H6O6Ti. The first-order valence-corrected chi connectivity index (χ1v) is 0.200. The molecule has 6 nitrogen and oxygen atoms in total. The van der Waals surface area contributed by atoms with Crippen LogP contribution in [0.5, 0.6) is 0 Å². The van der Waals surface area contributed by atoms with E-state index in [9.17, 15) is 0 Å². The van der Waals surface area contributed by atoms with E-state index in [1.54, 1.807) is 0 Å². The fraction of sp³-hybridized carbons (Fsp3) is 0. The van der Waals surface area contributed by atoms with Gasteiger partial charge in [0, 0.05) is 0 Å². The Kier molecular flexibility index (Phi) is 17800. The summed E-state index contributed by atoms with van der Waals surface area (Å²) in [6.45, 7) is 0. The second-order valence-electron chi connectivity index (χ2n) is 0. The standard InChI is InChI=1S/H2O2.4H2O.Ti/c1-2;;;;;/h1-2H;4*1H2;/q;;;;;+4/p-4. The summed E-state index contributed by atoms with van der Waals surface area (Å²) in [5.41, 5.74) is 0. The topological polar surface area (TPSA) is 160 Å². The molecular weight excluding hydrogens is 144 g/mol. The Bertz CT molecular complexity index is 4.14. The number of hydrogen-bond acceptors (Lipinski definition) is 6. The molecule has 0 unspecified atom stereocenters. The average Bonchev–Trinajstić information content (AvgIpc) is 1.00. The minimum absolute atomic E-state index is 0. The first-order chi connectivity index (χ1) is 1.00. The van der Waals surface area contributed by atoms with Crippen LogP contribution in [0.1, 0.15) is 0 Å². The third-order valence-electron chi connectivity index (χ3n) is 0. The quantitative estimate of drug-likeness (QED) is 0.263. The van der Waals surface area contributed by atoms with Gasteiger partial charge in [0.05, 0.1) is 0 Å². The zero-order valence-electron chi connectivity index (χ0n) is 3.18. The monoisotopic (exact) mass is 150 g/mol.